The largest absolute Gasteiger partial charge is 0.468 e. The number of ether oxygens (including phenoxy) is 1. The van der Waals surface area contributed by atoms with Gasteiger partial charge in [0.15, 0.2) is 10.9 Å². The SMILES string of the molecule is COC(=O)Cn1cc(/C=C2/CN(C(C(=O)C3CC3)c3ccccc3F)CCC2SC(C)=O)cn1.Cl. The molecule has 4 rings (SSSR count). The molecule has 7 nitrogen and oxygen atoms in total. The summed E-state index contributed by atoms with van der Waals surface area (Å²) in [5, 5.41) is 4.18. The van der Waals surface area contributed by atoms with Crippen LogP contribution in [-0.2, 0) is 25.7 Å². The molecule has 2 aromatic rings. The van der Waals surface area contributed by atoms with Gasteiger partial charge in [-0.1, -0.05) is 36.0 Å². The number of piperidine rings is 1. The van der Waals surface area contributed by atoms with Crippen LogP contribution in [-0.4, -0.2) is 57.0 Å². The van der Waals surface area contributed by atoms with Crippen LogP contribution in [0.15, 0.2) is 42.2 Å². The van der Waals surface area contributed by atoms with Crippen LogP contribution in [0.4, 0.5) is 4.39 Å². The van der Waals surface area contributed by atoms with E-state index in [1.54, 1.807) is 37.5 Å². The third-order valence-corrected chi connectivity index (χ3v) is 7.28. The molecule has 0 amide bonds. The molecule has 35 heavy (non-hydrogen) atoms. The Labute approximate surface area is 214 Å². The Bertz CT molecular complexity index is 1120. The van der Waals surface area contributed by atoms with E-state index in [0.29, 0.717) is 25.1 Å². The first kappa shape index (κ1) is 27.1. The Hall–Kier alpha value is -2.49. The molecule has 1 saturated carbocycles. The minimum Gasteiger partial charge on any atom is -0.468 e. The van der Waals surface area contributed by atoms with Crippen LogP contribution in [0.2, 0.25) is 0 Å². The number of ketones is 1. The summed E-state index contributed by atoms with van der Waals surface area (Å²) in [6.07, 6.45) is 7.70. The summed E-state index contributed by atoms with van der Waals surface area (Å²) in [5.74, 6) is -0.732. The van der Waals surface area contributed by atoms with Crippen molar-refractivity contribution in [3.05, 3.63) is 59.2 Å². The van der Waals surface area contributed by atoms with E-state index < -0.39 is 12.0 Å². The van der Waals surface area contributed by atoms with Gasteiger partial charge in [-0.05, 0) is 30.9 Å². The van der Waals surface area contributed by atoms with E-state index in [1.807, 2.05) is 11.0 Å². The van der Waals surface area contributed by atoms with Crippen molar-refractivity contribution < 1.29 is 23.5 Å². The van der Waals surface area contributed by atoms with Crippen molar-refractivity contribution in [2.75, 3.05) is 20.2 Å². The average molecular weight is 522 g/mol. The van der Waals surface area contributed by atoms with Crippen LogP contribution in [0.25, 0.3) is 6.08 Å². The second-order valence-electron chi connectivity index (χ2n) is 8.72. The van der Waals surface area contributed by atoms with Gasteiger partial charge in [-0.25, -0.2) is 4.39 Å². The zero-order chi connectivity index (χ0) is 24.2. The van der Waals surface area contributed by atoms with Crippen molar-refractivity contribution in [3.63, 3.8) is 0 Å². The van der Waals surface area contributed by atoms with Gasteiger partial charge in [-0.3, -0.25) is 24.0 Å². The molecule has 1 aliphatic heterocycles. The minimum absolute atomic E-state index is 0. The lowest BCUT2D eigenvalue weighted by molar-refractivity contribution is -0.141. The number of thioether (sulfide) groups is 1. The minimum atomic E-state index is -0.651. The van der Waals surface area contributed by atoms with Crippen LogP contribution in [0.1, 0.15) is 43.4 Å². The van der Waals surface area contributed by atoms with E-state index in [0.717, 1.165) is 24.0 Å². The first-order valence-corrected chi connectivity index (χ1v) is 12.2. The molecule has 1 saturated heterocycles. The number of esters is 1. The maximum Gasteiger partial charge on any atom is 0.327 e. The topological polar surface area (TPSA) is 81.5 Å². The van der Waals surface area contributed by atoms with Crippen LogP contribution in [0.3, 0.4) is 0 Å². The number of methoxy groups -OCH3 is 1. The van der Waals surface area contributed by atoms with Gasteiger partial charge < -0.3 is 4.74 Å². The quantitative estimate of drug-likeness (QED) is 0.484. The number of Topliss-reactive ketones (excluding diaryl/α,β-unsaturated/α-hetero) is 1. The number of likely N-dealkylation sites (tertiary alicyclic amines) is 1. The molecule has 0 spiro atoms. The van der Waals surface area contributed by atoms with Gasteiger partial charge in [-0.2, -0.15) is 5.10 Å². The van der Waals surface area contributed by atoms with Crippen molar-refractivity contribution in [1.82, 2.24) is 14.7 Å². The molecule has 0 radical (unpaired) electrons. The molecule has 2 aliphatic rings. The fourth-order valence-corrected chi connectivity index (χ4v) is 5.26. The molecule has 0 N–H and O–H groups in total. The van der Waals surface area contributed by atoms with Crippen LogP contribution in [0, 0.1) is 11.7 Å². The molecule has 2 atom stereocenters. The molecule has 1 aromatic heterocycles. The van der Waals surface area contributed by atoms with Gasteiger partial charge in [0.2, 0.25) is 0 Å². The molecule has 188 valence electrons. The van der Waals surface area contributed by atoms with E-state index in [-0.39, 0.29) is 46.8 Å². The standard InChI is InChI=1S/C25H28FN3O4S.ClH/c1-16(30)34-22-9-10-28(14-19(22)11-17-12-27-29(13-17)15-23(31)33-2)24(25(32)18-7-8-18)20-5-3-4-6-21(20)26;/h3-6,11-13,18,22,24H,7-10,14-15H2,1-2H3;1H/b19-11-;. The number of hydrogen-bond acceptors (Lipinski definition) is 7. The third kappa shape index (κ3) is 6.80. The number of carbonyl (C=O) groups excluding carboxylic acids is 3. The number of hydrogen-bond donors (Lipinski definition) is 0. The first-order valence-electron chi connectivity index (χ1n) is 11.3. The van der Waals surface area contributed by atoms with Gasteiger partial charge in [-0.15, -0.1) is 12.4 Å². The van der Waals surface area contributed by atoms with Crippen LogP contribution >= 0.6 is 24.2 Å². The summed E-state index contributed by atoms with van der Waals surface area (Å²) in [4.78, 5) is 38.8. The second kappa shape index (κ2) is 12.0. The van der Waals surface area contributed by atoms with E-state index >= 15 is 0 Å². The van der Waals surface area contributed by atoms with Gasteiger partial charge in [0.1, 0.15) is 12.4 Å². The molecule has 0 bridgehead atoms. The highest BCUT2D eigenvalue weighted by atomic mass is 35.5. The van der Waals surface area contributed by atoms with E-state index in [4.69, 9.17) is 0 Å². The second-order valence-corrected chi connectivity index (χ2v) is 10.1. The summed E-state index contributed by atoms with van der Waals surface area (Å²) in [7, 11) is 1.32. The van der Waals surface area contributed by atoms with Gasteiger partial charge in [0.05, 0.1) is 19.3 Å². The van der Waals surface area contributed by atoms with Gasteiger partial charge in [0, 0.05) is 48.5 Å². The summed E-state index contributed by atoms with van der Waals surface area (Å²) in [6, 6.07) is 5.83. The molecule has 1 aromatic carbocycles. The van der Waals surface area contributed by atoms with Crippen molar-refractivity contribution >= 4 is 47.1 Å². The molecule has 2 unspecified atom stereocenters. The molecule has 10 heteroatoms. The number of rotatable bonds is 8. The highest BCUT2D eigenvalue weighted by molar-refractivity contribution is 8.14. The van der Waals surface area contributed by atoms with Crippen molar-refractivity contribution in [2.45, 2.75) is 44.0 Å². The Balaban J connectivity index is 0.00000342. The lowest BCUT2D eigenvalue weighted by atomic mass is 9.93. The number of aromatic nitrogens is 2. The predicted octanol–water partition coefficient (Wildman–Crippen LogP) is 4.07. The lowest BCUT2D eigenvalue weighted by Crippen LogP contribution is -2.43. The van der Waals surface area contributed by atoms with Gasteiger partial charge >= 0.3 is 5.97 Å². The van der Waals surface area contributed by atoms with E-state index in [1.165, 1.54) is 29.6 Å². The summed E-state index contributed by atoms with van der Waals surface area (Å²) < 4.78 is 21.0. The first-order chi connectivity index (χ1) is 16.4. The molecule has 2 heterocycles. The van der Waals surface area contributed by atoms with Gasteiger partial charge in [0.25, 0.3) is 0 Å². The zero-order valence-electron chi connectivity index (χ0n) is 19.7. The molecule has 1 aliphatic carbocycles. The maximum absolute atomic E-state index is 14.8. The smallest absolute Gasteiger partial charge is 0.327 e. The Morgan fingerprint density at radius 2 is 2.00 bits per heavy atom. The number of halogens is 2. The lowest BCUT2D eigenvalue weighted by Gasteiger charge is -2.38. The summed E-state index contributed by atoms with van der Waals surface area (Å²) in [6.45, 7) is 2.57. The van der Waals surface area contributed by atoms with Crippen molar-refractivity contribution in [2.24, 2.45) is 5.92 Å². The molecule has 2 fully saturated rings. The molecular formula is C25H29ClFN3O4S. The molecular weight excluding hydrogens is 493 g/mol. The third-order valence-electron chi connectivity index (χ3n) is 6.12. The highest BCUT2D eigenvalue weighted by Crippen LogP contribution is 2.40. The summed E-state index contributed by atoms with van der Waals surface area (Å²) in [5.41, 5.74) is 2.15. The normalized spacial score (nSPS) is 20.2. The average Bonchev–Trinajstić information content (AvgIpc) is 3.57. The highest BCUT2D eigenvalue weighted by Gasteiger charge is 2.41. The zero-order valence-corrected chi connectivity index (χ0v) is 21.3. The fraction of sp³-hybridized carbons (Fsp3) is 0.440. The Morgan fingerprint density at radius 1 is 1.26 bits per heavy atom. The van der Waals surface area contributed by atoms with Crippen molar-refractivity contribution in [1.29, 1.82) is 0 Å². The van der Waals surface area contributed by atoms with E-state index in [9.17, 15) is 18.8 Å². The summed E-state index contributed by atoms with van der Waals surface area (Å²) >= 11 is 1.27. The predicted molar refractivity (Wildman–Crippen MR) is 135 cm³/mol. The number of carbonyl (C=O) groups is 3. The fourth-order valence-electron chi connectivity index (χ4n) is 4.35. The van der Waals surface area contributed by atoms with Crippen molar-refractivity contribution in [3.8, 4) is 0 Å². The Morgan fingerprint density at radius 3 is 2.66 bits per heavy atom. The number of nitrogens with zero attached hydrogens (tertiary/aromatic N) is 3. The van der Waals surface area contributed by atoms with E-state index in [2.05, 4.69) is 9.84 Å². The van der Waals surface area contributed by atoms with Crippen LogP contribution in [0.5, 0.6) is 0 Å². The Kier molecular flexibility index (Phi) is 9.27. The number of benzene rings is 1. The van der Waals surface area contributed by atoms with Crippen LogP contribution < -0.4 is 0 Å². The monoisotopic (exact) mass is 521 g/mol. The maximum atomic E-state index is 14.8.